The third-order valence-electron chi connectivity index (χ3n) is 1.92. The van der Waals surface area contributed by atoms with Crippen molar-refractivity contribution < 1.29 is 4.79 Å². The first-order valence-corrected chi connectivity index (χ1v) is 3.70. The van der Waals surface area contributed by atoms with E-state index in [2.05, 4.69) is 4.99 Å². The Kier molecular flexibility index (Phi) is 1.43. The molecule has 0 aromatic heterocycles. The van der Waals surface area contributed by atoms with Gasteiger partial charge in [-0.2, -0.15) is 0 Å². The molecule has 3 heteroatoms. The Bertz CT molecular complexity index is 357. The average Bonchev–Trinajstić information content (AvgIpc) is 2.47. The number of hydrogen-bond donors (Lipinski definition) is 1. The van der Waals surface area contributed by atoms with E-state index >= 15 is 0 Å². The van der Waals surface area contributed by atoms with Crippen molar-refractivity contribution in [1.82, 2.24) is 0 Å². The van der Waals surface area contributed by atoms with E-state index in [9.17, 15) is 4.79 Å². The Morgan fingerprint density at radius 3 is 2.92 bits per heavy atom. The van der Waals surface area contributed by atoms with Gasteiger partial charge in [-0.3, -0.25) is 9.79 Å². The fourth-order valence-electron chi connectivity index (χ4n) is 1.34. The van der Waals surface area contributed by atoms with Crippen molar-refractivity contribution in [3.05, 3.63) is 35.4 Å². The molecular formula is C9H8N2O. The largest absolute Gasteiger partial charge is 0.368 e. The molecule has 0 saturated heterocycles. The van der Waals surface area contributed by atoms with Gasteiger partial charge in [-0.05, 0) is 11.1 Å². The highest BCUT2D eigenvalue weighted by molar-refractivity contribution is 5.94. The van der Waals surface area contributed by atoms with Crippen LogP contribution in [0, 0.1) is 0 Å². The number of carbonyl (C=O) groups is 1. The minimum atomic E-state index is -0.471. The third kappa shape index (κ3) is 0.906. The number of benzene rings is 1. The van der Waals surface area contributed by atoms with Crippen LogP contribution >= 0.6 is 0 Å². The maximum absolute atomic E-state index is 10.9. The second-order valence-electron chi connectivity index (χ2n) is 2.71. The van der Waals surface area contributed by atoms with Crippen molar-refractivity contribution in [2.45, 2.75) is 6.04 Å². The maximum Gasteiger partial charge on any atom is 0.246 e. The summed E-state index contributed by atoms with van der Waals surface area (Å²) < 4.78 is 0. The standard InChI is InChI=1S/C9H8N2O/c10-9(12)8-7-4-2-1-3-6(7)5-11-8/h1-5,8H,(H2,10,12). The Labute approximate surface area is 69.9 Å². The normalized spacial score (nSPS) is 19.2. The topological polar surface area (TPSA) is 55.5 Å². The minimum Gasteiger partial charge on any atom is -0.368 e. The second-order valence-corrected chi connectivity index (χ2v) is 2.71. The molecule has 0 radical (unpaired) electrons. The summed E-state index contributed by atoms with van der Waals surface area (Å²) in [7, 11) is 0. The van der Waals surface area contributed by atoms with Gasteiger partial charge in [0.15, 0.2) is 6.04 Å². The molecule has 0 saturated carbocycles. The molecule has 1 aliphatic rings. The first kappa shape index (κ1) is 7.03. The second kappa shape index (κ2) is 2.44. The third-order valence-corrected chi connectivity index (χ3v) is 1.92. The molecule has 60 valence electrons. The fraction of sp³-hybridized carbons (Fsp3) is 0.111. The van der Waals surface area contributed by atoms with Crippen LogP contribution in [0.5, 0.6) is 0 Å². The van der Waals surface area contributed by atoms with Gasteiger partial charge in [-0.15, -0.1) is 0 Å². The Hall–Kier alpha value is -1.64. The number of fused-ring (bicyclic) bond motifs is 1. The van der Waals surface area contributed by atoms with Gasteiger partial charge in [0.05, 0.1) is 0 Å². The molecule has 1 aliphatic heterocycles. The van der Waals surface area contributed by atoms with E-state index in [0.717, 1.165) is 11.1 Å². The molecular weight excluding hydrogens is 152 g/mol. The molecule has 0 fully saturated rings. The highest BCUT2D eigenvalue weighted by Crippen LogP contribution is 2.25. The lowest BCUT2D eigenvalue weighted by atomic mass is 10.0. The predicted octanol–water partition coefficient (Wildman–Crippen LogP) is 0.646. The fourth-order valence-corrected chi connectivity index (χ4v) is 1.34. The molecule has 3 nitrogen and oxygen atoms in total. The van der Waals surface area contributed by atoms with Crippen molar-refractivity contribution in [2.75, 3.05) is 0 Å². The summed E-state index contributed by atoms with van der Waals surface area (Å²) >= 11 is 0. The lowest BCUT2D eigenvalue weighted by Gasteiger charge is -2.03. The van der Waals surface area contributed by atoms with Crippen molar-refractivity contribution in [3.8, 4) is 0 Å². The number of primary amides is 1. The van der Waals surface area contributed by atoms with Crippen LogP contribution in [0.2, 0.25) is 0 Å². The number of nitrogens with two attached hydrogens (primary N) is 1. The van der Waals surface area contributed by atoms with Crippen molar-refractivity contribution in [3.63, 3.8) is 0 Å². The molecule has 1 aromatic carbocycles. The van der Waals surface area contributed by atoms with Crippen LogP contribution in [0.25, 0.3) is 0 Å². The Balaban J connectivity index is 2.49. The summed E-state index contributed by atoms with van der Waals surface area (Å²) in [6, 6.07) is 7.11. The lowest BCUT2D eigenvalue weighted by Crippen LogP contribution is -2.18. The van der Waals surface area contributed by atoms with Gasteiger partial charge in [-0.1, -0.05) is 24.3 Å². The summed E-state index contributed by atoms with van der Waals surface area (Å²) in [5.41, 5.74) is 7.05. The Morgan fingerprint density at radius 1 is 1.42 bits per heavy atom. The van der Waals surface area contributed by atoms with Gasteiger partial charge in [0.25, 0.3) is 0 Å². The van der Waals surface area contributed by atoms with Gasteiger partial charge >= 0.3 is 0 Å². The van der Waals surface area contributed by atoms with E-state index < -0.39 is 11.9 Å². The van der Waals surface area contributed by atoms with E-state index in [-0.39, 0.29) is 0 Å². The molecule has 0 bridgehead atoms. The first-order chi connectivity index (χ1) is 5.79. The number of nitrogens with zero attached hydrogens (tertiary/aromatic N) is 1. The highest BCUT2D eigenvalue weighted by Gasteiger charge is 2.22. The maximum atomic E-state index is 10.9. The zero-order valence-corrected chi connectivity index (χ0v) is 6.40. The van der Waals surface area contributed by atoms with Crippen LogP contribution < -0.4 is 5.73 Å². The van der Waals surface area contributed by atoms with Crippen LogP contribution in [0.1, 0.15) is 17.2 Å². The zero-order valence-electron chi connectivity index (χ0n) is 6.40. The van der Waals surface area contributed by atoms with Crippen molar-refractivity contribution in [1.29, 1.82) is 0 Å². The lowest BCUT2D eigenvalue weighted by molar-refractivity contribution is -0.119. The predicted molar refractivity (Wildman–Crippen MR) is 46.0 cm³/mol. The molecule has 1 amide bonds. The Morgan fingerprint density at radius 2 is 2.17 bits per heavy atom. The van der Waals surface area contributed by atoms with E-state index in [0.29, 0.717) is 0 Å². The minimum absolute atomic E-state index is 0.392. The van der Waals surface area contributed by atoms with Crippen LogP contribution in [0.15, 0.2) is 29.3 Å². The van der Waals surface area contributed by atoms with Crippen LogP contribution in [0.4, 0.5) is 0 Å². The van der Waals surface area contributed by atoms with Crippen LogP contribution in [-0.2, 0) is 4.79 Å². The van der Waals surface area contributed by atoms with Crippen molar-refractivity contribution in [2.24, 2.45) is 10.7 Å². The molecule has 1 aromatic rings. The van der Waals surface area contributed by atoms with E-state index in [1.165, 1.54) is 0 Å². The molecule has 12 heavy (non-hydrogen) atoms. The number of rotatable bonds is 1. The van der Waals surface area contributed by atoms with E-state index in [1.807, 2.05) is 24.3 Å². The molecule has 1 unspecified atom stereocenters. The first-order valence-electron chi connectivity index (χ1n) is 3.70. The van der Waals surface area contributed by atoms with Gasteiger partial charge in [-0.25, -0.2) is 0 Å². The molecule has 0 aliphatic carbocycles. The monoisotopic (exact) mass is 160 g/mol. The summed E-state index contributed by atoms with van der Waals surface area (Å²) in [5, 5.41) is 0. The van der Waals surface area contributed by atoms with E-state index in [1.54, 1.807) is 6.21 Å². The highest BCUT2D eigenvalue weighted by atomic mass is 16.1. The van der Waals surface area contributed by atoms with Gasteiger partial charge in [0.1, 0.15) is 0 Å². The molecule has 2 rings (SSSR count). The SMILES string of the molecule is NC(=O)C1N=Cc2ccccc21. The number of amides is 1. The van der Waals surface area contributed by atoms with Gasteiger partial charge in [0.2, 0.25) is 5.91 Å². The van der Waals surface area contributed by atoms with E-state index in [4.69, 9.17) is 5.73 Å². The van der Waals surface area contributed by atoms with Crippen molar-refractivity contribution >= 4 is 12.1 Å². The number of hydrogen-bond acceptors (Lipinski definition) is 2. The zero-order chi connectivity index (χ0) is 8.55. The van der Waals surface area contributed by atoms with Gasteiger partial charge in [0, 0.05) is 6.21 Å². The quantitative estimate of drug-likeness (QED) is 0.644. The molecule has 0 spiro atoms. The number of aliphatic imine (C=N–C) groups is 1. The summed E-state index contributed by atoms with van der Waals surface area (Å²) in [6.45, 7) is 0. The average molecular weight is 160 g/mol. The summed E-state index contributed by atoms with van der Waals surface area (Å²) in [6.07, 6.45) is 1.69. The van der Waals surface area contributed by atoms with Gasteiger partial charge < -0.3 is 5.73 Å². The molecule has 1 atom stereocenters. The van der Waals surface area contributed by atoms with Crippen LogP contribution in [0.3, 0.4) is 0 Å². The smallest absolute Gasteiger partial charge is 0.246 e. The molecule has 1 heterocycles. The summed E-state index contributed by atoms with van der Waals surface area (Å²) in [4.78, 5) is 14.9. The van der Waals surface area contributed by atoms with Crippen LogP contribution in [-0.4, -0.2) is 12.1 Å². The number of carbonyl (C=O) groups excluding carboxylic acids is 1. The molecule has 2 N–H and O–H groups in total. The summed E-state index contributed by atoms with van der Waals surface area (Å²) in [5.74, 6) is -0.392.